The monoisotopic (exact) mass is 392 g/mol. The van der Waals surface area contributed by atoms with Crippen LogP contribution in [-0.2, 0) is 21.9 Å². The van der Waals surface area contributed by atoms with Crippen molar-refractivity contribution < 1.29 is 17.9 Å². The Balaban J connectivity index is 1.72. The molecule has 1 aliphatic heterocycles. The normalized spacial score (nSPS) is 18.3. The van der Waals surface area contributed by atoms with Gasteiger partial charge >= 0.3 is 0 Å². The number of ether oxygens (including phenoxy) is 1. The fraction of sp³-hybridized carbons (Fsp3) is 0.444. The van der Waals surface area contributed by atoms with Crippen molar-refractivity contribution in [3.63, 3.8) is 0 Å². The minimum atomic E-state index is -3.65. The lowest BCUT2D eigenvalue weighted by atomic mass is 9.99. The molecule has 0 spiro atoms. The summed E-state index contributed by atoms with van der Waals surface area (Å²) in [5.41, 5.74) is 0.806. The van der Waals surface area contributed by atoms with Crippen LogP contribution in [0.5, 0.6) is 5.75 Å². The Morgan fingerprint density at radius 2 is 2.00 bits per heavy atom. The first kappa shape index (κ1) is 19.4. The number of hydrogen-bond donors (Lipinski definition) is 1. The van der Waals surface area contributed by atoms with Crippen LogP contribution >= 0.6 is 0 Å². The zero-order valence-electron chi connectivity index (χ0n) is 15.7. The number of hydrogen-bond acceptors (Lipinski definition) is 5. The quantitative estimate of drug-likeness (QED) is 0.837. The zero-order valence-corrected chi connectivity index (χ0v) is 16.5. The summed E-state index contributed by atoms with van der Waals surface area (Å²) in [5, 5.41) is 7.05. The second kappa shape index (κ2) is 7.69. The molecule has 146 valence electrons. The van der Waals surface area contributed by atoms with Crippen molar-refractivity contribution in [1.29, 1.82) is 0 Å². The highest BCUT2D eigenvalue weighted by molar-refractivity contribution is 7.89. The summed E-state index contributed by atoms with van der Waals surface area (Å²) in [5.74, 6) is 0.610. The molecule has 1 saturated heterocycles. The van der Waals surface area contributed by atoms with Crippen LogP contribution in [0.4, 0.5) is 5.82 Å². The molecule has 0 aliphatic carbocycles. The first-order chi connectivity index (χ1) is 12.8. The highest BCUT2D eigenvalue weighted by Gasteiger charge is 2.33. The Kier molecular flexibility index (Phi) is 5.52. The molecule has 2 aromatic rings. The van der Waals surface area contributed by atoms with E-state index < -0.39 is 15.9 Å². The Labute approximate surface area is 159 Å². The predicted octanol–water partition coefficient (Wildman–Crippen LogP) is 1.78. The Hall–Kier alpha value is -2.39. The minimum absolute atomic E-state index is 0.164. The van der Waals surface area contributed by atoms with Gasteiger partial charge in [-0.3, -0.25) is 9.48 Å². The fourth-order valence-electron chi connectivity index (χ4n) is 3.23. The van der Waals surface area contributed by atoms with Gasteiger partial charge < -0.3 is 10.1 Å². The smallest absolute Gasteiger partial charge is 0.243 e. The molecule has 1 fully saturated rings. The summed E-state index contributed by atoms with van der Waals surface area (Å²) < 4.78 is 33.9. The molecule has 0 bridgehead atoms. The van der Waals surface area contributed by atoms with Crippen molar-refractivity contribution >= 4 is 21.7 Å². The summed E-state index contributed by atoms with van der Waals surface area (Å²) in [6.45, 7) is 2.42. The molecule has 1 aromatic heterocycles. The van der Waals surface area contributed by atoms with E-state index in [1.54, 1.807) is 29.9 Å². The number of aryl methyl sites for hydroxylation is 2. The van der Waals surface area contributed by atoms with Crippen LogP contribution in [-0.4, -0.2) is 48.6 Å². The average Bonchev–Trinajstić information content (AvgIpc) is 2.98. The number of rotatable bonds is 5. The van der Waals surface area contributed by atoms with Gasteiger partial charge in [0.05, 0.1) is 23.6 Å². The van der Waals surface area contributed by atoms with E-state index in [1.165, 1.54) is 23.5 Å². The van der Waals surface area contributed by atoms with E-state index in [0.29, 0.717) is 31.0 Å². The van der Waals surface area contributed by atoms with Gasteiger partial charge in [-0.05, 0) is 44.0 Å². The second-order valence-electron chi connectivity index (χ2n) is 6.66. The van der Waals surface area contributed by atoms with E-state index in [1.807, 2.05) is 6.92 Å². The predicted molar refractivity (Wildman–Crippen MR) is 101 cm³/mol. The Morgan fingerprint density at radius 1 is 1.30 bits per heavy atom. The van der Waals surface area contributed by atoms with Crippen LogP contribution in [0, 0.1) is 12.8 Å². The van der Waals surface area contributed by atoms with Gasteiger partial charge in [-0.25, -0.2) is 8.42 Å². The number of amides is 1. The molecule has 1 N–H and O–H groups in total. The van der Waals surface area contributed by atoms with E-state index in [0.717, 1.165) is 5.69 Å². The number of nitrogens with zero attached hydrogens (tertiary/aromatic N) is 3. The van der Waals surface area contributed by atoms with Crippen molar-refractivity contribution in [1.82, 2.24) is 14.1 Å². The molecule has 1 amide bonds. The molecule has 3 rings (SSSR count). The van der Waals surface area contributed by atoms with Crippen LogP contribution in [0.3, 0.4) is 0 Å². The highest BCUT2D eigenvalue weighted by Crippen LogP contribution is 2.26. The molecule has 1 unspecified atom stereocenters. The van der Waals surface area contributed by atoms with Gasteiger partial charge in [0.15, 0.2) is 0 Å². The van der Waals surface area contributed by atoms with Gasteiger partial charge in [-0.15, -0.1) is 0 Å². The summed E-state index contributed by atoms with van der Waals surface area (Å²) >= 11 is 0. The number of piperidine rings is 1. The Morgan fingerprint density at radius 3 is 2.59 bits per heavy atom. The van der Waals surface area contributed by atoms with Crippen LogP contribution in [0.1, 0.15) is 18.5 Å². The molecular weight excluding hydrogens is 368 g/mol. The first-order valence-corrected chi connectivity index (χ1v) is 10.2. The Bertz CT molecular complexity index is 921. The van der Waals surface area contributed by atoms with Crippen molar-refractivity contribution in [3.8, 4) is 5.75 Å². The third-order valence-corrected chi connectivity index (χ3v) is 6.58. The van der Waals surface area contributed by atoms with E-state index >= 15 is 0 Å². The van der Waals surface area contributed by atoms with Crippen LogP contribution in [0.25, 0.3) is 0 Å². The van der Waals surface area contributed by atoms with E-state index in [-0.39, 0.29) is 17.3 Å². The molecule has 27 heavy (non-hydrogen) atoms. The maximum atomic E-state index is 12.9. The highest BCUT2D eigenvalue weighted by atomic mass is 32.2. The third kappa shape index (κ3) is 4.14. The van der Waals surface area contributed by atoms with Crippen molar-refractivity contribution in [3.05, 3.63) is 36.0 Å². The number of aromatic nitrogens is 2. The molecule has 0 radical (unpaired) electrons. The SMILES string of the molecule is COc1ccc(S(=O)(=O)N2CCCC(C(=O)Nc3cc(C)nn3C)C2)cc1. The topological polar surface area (TPSA) is 93.5 Å². The van der Waals surface area contributed by atoms with E-state index in [4.69, 9.17) is 4.74 Å². The maximum Gasteiger partial charge on any atom is 0.243 e. The van der Waals surface area contributed by atoms with Gasteiger partial charge in [0.1, 0.15) is 11.6 Å². The van der Waals surface area contributed by atoms with Crippen molar-refractivity contribution in [2.75, 3.05) is 25.5 Å². The van der Waals surface area contributed by atoms with Crippen LogP contribution in [0.15, 0.2) is 35.2 Å². The number of nitrogens with one attached hydrogen (secondary N) is 1. The number of methoxy groups -OCH3 is 1. The van der Waals surface area contributed by atoms with Crippen LogP contribution < -0.4 is 10.1 Å². The minimum Gasteiger partial charge on any atom is -0.497 e. The third-order valence-electron chi connectivity index (χ3n) is 4.71. The molecule has 1 aromatic carbocycles. The van der Waals surface area contributed by atoms with E-state index in [9.17, 15) is 13.2 Å². The largest absolute Gasteiger partial charge is 0.497 e. The van der Waals surface area contributed by atoms with Crippen LogP contribution in [0.2, 0.25) is 0 Å². The number of carbonyl (C=O) groups excluding carboxylic acids is 1. The lowest BCUT2D eigenvalue weighted by molar-refractivity contribution is -0.120. The van der Waals surface area contributed by atoms with Gasteiger partial charge in [0.2, 0.25) is 15.9 Å². The summed E-state index contributed by atoms with van der Waals surface area (Å²) in [6, 6.07) is 8.07. The summed E-state index contributed by atoms with van der Waals surface area (Å²) in [6.07, 6.45) is 1.29. The number of sulfonamides is 1. The van der Waals surface area contributed by atoms with Gasteiger partial charge in [-0.1, -0.05) is 0 Å². The summed E-state index contributed by atoms with van der Waals surface area (Å²) in [4.78, 5) is 12.8. The first-order valence-electron chi connectivity index (χ1n) is 8.77. The van der Waals surface area contributed by atoms with Gasteiger partial charge in [-0.2, -0.15) is 9.40 Å². The van der Waals surface area contributed by atoms with Crippen molar-refractivity contribution in [2.45, 2.75) is 24.7 Å². The molecule has 1 aliphatic rings. The van der Waals surface area contributed by atoms with Crippen molar-refractivity contribution in [2.24, 2.45) is 13.0 Å². The number of benzene rings is 1. The standard InChI is InChI=1S/C18H24N4O4S/c1-13-11-17(21(2)20-13)19-18(23)14-5-4-10-22(12-14)27(24,25)16-8-6-15(26-3)7-9-16/h6-9,11,14H,4-5,10,12H2,1-3H3,(H,19,23). The lowest BCUT2D eigenvalue weighted by Gasteiger charge is -2.31. The maximum absolute atomic E-state index is 12.9. The molecule has 8 nitrogen and oxygen atoms in total. The molecule has 0 saturated carbocycles. The lowest BCUT2D eigenvalue weighted by Crippen LogP contribution is -2.43. The molecule has 9 heteroatoms. The fourth-order valence-corrected chi connectivity index (χ4v) is 4.75. The van der Waals surface area contributed by atoms with Gasteiger partial charge in [0, 0.05) is 26.2 Å². The summed E-state index contributed by atoms with van der Waals surface area (Å²) in [7, 11) is -0.367. The molecule has 1 atom stereocenters. The zero-order chi connectivity index (χ0) is 19.6. The molecule has 2 heterocycles. The van der Waals surface area contributed by atoms with Gasteiger partial charge in [0.25, 0.3) is 0 Å². The molecular formula is C18H24N4O4S. The second-order valence-corrected chi connectivity index (χ2v) is 8.60. The number of carbonyl (C=O) groups is 1. The average molecular weight is 392 g/mol. The van der Waals surface area contributed by atoms with E-state index in [2.05, 4.69) is 10.4 Å². The number of anilines is 1.